The molecule has 0 amide bonds. The zero-order valence-corrected chi connectivity index (χ0v) is 20.9. The Labute approximate surface area is 186 Å². The van der Waals surface area contributed by atoms with E-state index in [2.05, 4.69) is 112 Å². The number of fused-ring (bicyclic) bond motifs is 1. The van der Waals surface area contributed by atoms with Crippen molar-refractivity contribution in [3.05, 3.63) is 83.9 Å². The molecule has 0 saturated carbocycles. The van der Waals surface area contributed by atoms with Crippen LogP contribution in [-0.4, -0.2) is 24.0 Å². The molecule has 2 heterocycles. The predicted molar refractivity (Wildman–Crippen MR) is 130 cm³/mol. The first kappa shape index (κ1) is 21.4. The van der Waals surface area contributed by atoms with Crippen molar-refractivity contribution in [3.63, 3.8) is 0 Å². The number of benzene rings is 2. The molecule has 1 aromatic heterocycles. The first-order valence-corrected chi connectivity index (χ1v) is 15.1. The number of rotatable bonds is 5. The average Bonchev–Trinajstić information content (AvgIpc) is 3.31. The van der Waals surface area contributed by atoms with Crippen molar-refractivity contribution >= 4 is 20.0 Å². The van der Waals surface area contributed by atoms with Crippen molar-refractivity contribution < 1.29 is 4.09 Å². The molecule has 3 nitrogen and oxygen atoms in total. The highest BCUT2D eigenvalue weighted by Crippen LogP contribution is 2.58. The summed E-state index contributed by atoms with van der Waals surface area (Å²) in [5.41, 5.74) is 2.90. The van der Waals surface area contributed by atoms with E-state index in [-0.39, 0.29) is 10.1 Å². The third kappa shape index (κ3) is 3.09. The number of aryl methyl sites for hydroxylation is 1. The maximum atomic E-state index is 4.86. The van der Waals surface area contributed by atoms with Gasteiger partial charge in [-0.15, -0.1) is 0 Å². The minimum atomic E-state index is -1.97. The molecule has 4 rings (SSSR count). The lowest BCUT2D eigenvalue weighted by Crippen LogP contribution is -2.61. The SMILES string of the molecule is CS[n+]1cn2c(n1)CC[C@H]2C(c1ccccc1)(c1ccccc1)[Si](C)(C)C(C)(C)C. The van der Waals surface area contributed by atoms with E-state index in [0.717, 1.165) is 12.8 Å². The van der Waals surface area contributed by atoms with Crippen LogP contribution in [0.25, 0.3) is 0 Å². The molecule has 0 N–H and O–H groups in total. The summed E-state index contributed by atoms with van der Waals surface area (Å²) in [5.74, 6) is 1.21. The molecular formula is C25H34N3SSi+. The van der Waals surface area contributed by atoms with Gasteiger partial charge in [0.2, 0.25) is 5.82 Å². The van der Waals surface area contributed by atoms with Gasteiger partial charge in [0, 0.05) is 12.7 Å². The molecule has 5 heteroatoms. The third-order valence-electron chi connectivity index (χ3n) is 7.72. The summed E-state index contributed by atoms with van der Waals surface area (Å²) in [6.07, 6.45) is 6.49. The molecule has 0 unspecified atom stereocenters. The molecule has 0 aliphatic carbocycles. The molecule has 1 atom stereocenters. The second-order valence-corrected chi connectivity index (χ2v) is 16.3. The highest BCUT2D eigenvalue weighted by atomic mass is 32.2. The van der Waals surface area contributed by atoms with Crippen LogP contribution in [-0.2, 0) is 11.5 Å². The first-order chi connectivity index (χ1) is 14.2. The Morgan fingerprint density at radius 1 is 0.967 bits per heavy atom. The fraction of sp³-hybridized carbons (Fsp3) is 0.440. The third-order valence-corrected chi connectivity index (χ3v) is 14.9. The van der Waals surface area contributed by atoms with E-state index in [1.165, 1.54) is 17.0 Å². The maximum Gasteiger partial charge on any atom is 0.279 e. The number of aromatic nitrogens is 3. The summed E-state index contributed by atoms with van der Waals surface area (Å²) in [6, 6.07) is 23.0. The monoisotopic (exact) mass is 436 g/mol. The van der Waals surface area contributed by atoms with E-state index in [1.807, 2.05) is 4.09 Å². The molecule has 0 bridgehead atoms. The quantitative estimate of drug-likeness (QED) is 0.371. The lowest BCUT2D eigenvalue weighted by molar-refractivity contribution is -0.562. The van der Waals surface area contributed by atoms with Crippen LogP contribution in [0, 0.1) is 0 Å². The average molecular weight is 437 g/mol. The molecule has 1 aliphatic rings. The van der Waals surface area contributed by atoms with Crippen molar-refractivity contribution in [2.75, 3.05) is 6.26 Å². The van der Waals surface area contributed by atoms with Crippen LogP contribution in [0.4, 0.5) is 0 Å². The largest absolute Gasteiger partial charge is 0.279 e. The Bertz CT molecular complexity index is 966. The van der Waals surface area contributed by atoms with Crippen molar-refractivity contribution in [3.8, 4) is 0 Å². The number of hydrogen-bond acceptors (Lipinski definition) is 2. The van der Waals surface area contributed by atoms with Gasteiger partial charge in [-0.25, -0.2) is 4.57 Å². The Balaban J connectivity index is 2.09. The van der Waals surface area contributed by atoms with E-state index in [1.54, 1.807) is 11.9 Å². The Kier molecular flexibility index (Phi) is 5.48. The van der Waals surface area contributed by atoms with Crippen molar-refractivity contribution in [2.24, 2.45) is 0 Å². The van der Waals surface area contributed by atoms with Gasteiger partial charge in [-0.1, -0.05) is 98.6 Å². The highest BCUT2D eigenvalue weighted by molar-refractivity contribution is 7.92. The van der Waals surface area contributed by atoms with Gasteiger partial charge in [0.25, 0.3) is 6.33 Å². The van der Waals surface area contributed by atoms with Gasteiger partial charge in [0.1, 0.15) is 6.04 Å². The lowest BCUT2D eigenvalue weighted by Gasteiger charge is -2.55. The molecule has 1 aliphatic heterocycles. The van der Waals surface area contributed by atoms with Gasteiger partial charge in [-0.3, -0.25) is 0 Å². The molecule has 0 fully saturated rings. The summed E-state index contributed by atoms with van der Waals surface area (Å²) in [4.78, 5) is 0. The van der Waals surface area contributed by atoms with Crippen LogP contribution in [0.1, 0.15) is 50.2 Å². The van der Waals surface area contributed by atoms with E-state index in [4.69, 9.17) is 5.10 Å². The standard InChI is InChI=1S/C25H34N3SSi/c1-24(2,3)30(5,6)25(20-13-9-7-10-14-20,21-15-11-8-12-16-21)22-17-18-23-26-28(29-4)19-27(22)23/h7-16,19,22H,17-18H2,1-6H3/q+1/t22-/m0/s1. The number of nitrogens with zero attached hydrogens (tertiary/aromatic N) is 3. The molecule has 0 radical (unpaired) electrons. The molecular weight excluding hydrogens is 402 g/mol. The zero-order chi connectivity index (χ0) is 21.6. The minimum Gasteiger partial charge on any atom is -0.212 e. The molecule has 3 aromatic rings. The van der Waals surface area contributed by atoms with Crippen LogP contribution in [0.15, 0.2) is 67.0 Å². The molecule has 0 saturated heterocycles. The molecule has 0 spiro atoms. The fourth-order valence-corrected chi connectivity index (χ4v) is 9.85. The predicted octanol–water partition coefficient (Wildman–Crippen LogP) is 5.82. The van der Waals surface area contributed by atoms with Crippen LogP contribution in [0.2, 0.25) is 18.1 Å². The van der Waals surface area contributed by atoms with Gasteiger partial charge >= 0.3 is 0 Å². The summed E-state index contributed by atoms with van der Waals surface area (Å²) in [7, 11) is -1.97. The second kappa shape index (κ2) is 7.68. The second-order valence-electron chi connectivity index (χ2n) is 9.99. The summed E-state index contributed by atoms with van der Waals surface area (Å²) in [5, 5.41) is 5.02. The summed E-state index contributed by atoms with van der Waals surface area (Å²) < 4.78 is 4.52. The summed E-state index contributed by atoms with van der Waals surface area (Å²) >= 11 is 1.67. The van der Waals surface area contributed by atoms with Crippen molar-refractivity contribution in [1.82, 2.24) is 9.67 Å². The van der Waals surface area contributed by atoms with E-state index in [0.29, 0.717) is 6.04 Å². The lowest BCUT2D eigenvalue weighted by atomic mass is 9.82. The van der Waals surface area contributed by atoms with Crippen molar-refractivity contribution in [1.29, 1.82) is 0 Å². The van der Waals surface area contributed by atoms with Gasteiger partial charge in [-0.05, 0) is 27.7 Å². The van der Waals surface area contributed by atoms with Gasteiger partial charge in [0.05, 0.1) is 25.1 Å². The molecule has 2 aromatic carbocycles. The maximum absolute atomic E-state index is 4.86. The van der Waals surface area contributed by atoms with Crippen LogP contribution in [0.5, 0.6) is 0 Å². The van der Waals surface area contributed by atoms with E-state index in [9.17, 15) is 0 Å². The van der Waals surface area contributed by atoms with Gasteiger partial charge in [-0.2, -0.15) is 0 Å². The first-order valence-electron chi connectivity index (χ1n) is 10.9. The van der Waals surface area contributed by atoms with Crippen molar-refractivity contribution in [2.45, 2.75) is 62.8 Å². The van der Waals surface area contributed by atoms with E-state index >= 15 is 0 Å². The minimum absolute atomic E-state index is 0.0596. The van der Waals surface area contributed by atoms with Crippen LogP contribution >= 0.6 is 11.9 Å². The zero-order valence-electron chi connectivity index (χ0n) is 19.1. The van der Waals surface area contributed by atoms with Crippen LogP contribution in [0.3, 0.4) is 0 Å². The Hall–Kier alpha value is -1.85. The highest BCUT2D eigenvalue weighted by Gasteiger charge is 2.62. The van der Waals surface area contributed by atoms with Crippen LogP contribution < -0.4 is 4.09 Å². The fourth-order valence-electron chi connectivity index (χ4n) is 5.41. The topological polar surface area (TPSA) is 21.7 Å². The van der Waals surface area contributed by atoms with Gasteiger partial charge < -0.3 is 0 Å². The molecule has 158 valence electrons. The normalized spacial score (nSPS) is 17.2. The number of hydrogen-bond donors (Lipinski definition) is 0. The molecule has 30 heavy (non-hydrogen) atoms. The Morgan fingerprint density at radius 3 is 1.97 bits per heavy atom. The smallest absolute Gasteiger partial charge is 0.212 e. The van der Waals surface area contributed by atoms with Gasteiger partial charge in [0.15, 0.2) is 0 Å². The summed E-state index contributed by atoms with van der Waals surface area (Å²) in [6.45, 7) is 12.6. The van der Waals surface area contributed by atoms with E-state index < -0.39 is 8.07 Å². The Morgan fingerprint density at radius 2 is 1.50 bits per heavy atom.